The van der Waals surface area contributed by atoms with E-state index in [1.54, 1.807) is 0 Å². The van der Waals surface area contributed by atoms with Gasteiger partial charge in [0, 0.05) is 22.9 Å². The van der Waals surface area contributed by atoms with Crippen molar-refractivity contribution < 1.29 is 8.98 Å². The molecule has 2 nitrogen and oxygen atoms in total. The second kappa shape index (κ2) is 5.18. The molecule has 0 amide bonds. The molecule has 2 aromatic heterocycles. The lowest BCUT2D eigenvalue weighted by atomic mass is 10.00. The Morgan fingerprint density at radius 1 is 0.800 bits per heavy atom. The summed E-state index contributed by atoms with van der Waals surface area (Å²) < 4.78 is 8.51. The van der Waals surface area contributed by atoms with E-state index in [9.17, 15) is 0 Å². The van der Waals surface area contributed by atoms with Crippen LogP contribution >= 0.6 is 0 Å². The highest BCUT2D eigenvalue weighted by atomic mass is 16.3. The summed E-state index contributed by atoms with van der Waals surface area (Å²) in [5.74, 6) is 0. The van der Waals surface area contributed by atoms with Gasteiger partial charge in [-0.05, 0) is 41.5 Å². The SMILES string of the molecule is Cc1ccc2c(oc3cc4ccccc4cc32)c1-c1cccc[n+]1C. The molecule has 0 aliphatic rings. The maximum atomic E-state index is 6.37. The molecule has 120 valence electrons. The van der Waals surface area contributed by atoms with Gasteiger partial charge in [0.25, 0.3) is 0 Å². The van der Waals surface area contributed by atoms with Crippen LogP contribution in [0.2, 0.25) is 0 Å². The number of hydrogen-bond acceptors (Lipinski definition) is 1. The summed E-state index contributed by atoms with van der Waals surface area (Å²) >= 11 is 0. The Morgan fingerprint density at radius 3 is 2.36 bits per heavy atom. The molecule has 5 aromatic rings. The Morgan fingerprint density at radius 2 is 1.56 bits per heavy atom. The molecule has 3 aromatic carbocycles. The van der Waals surface area contributed by atoms with Crippen molar-refractivity contribution in [3.8, 4) is 11.3 Å². The van der Waals surface area contributed by atoms with Crippen LogP contribution in [0.3, 0.4) is 0 Å². The standard InChI is InChI=1S/C23H18NO/c1-15-10-11-18-19-13-16-7-3-4-8-17(16)14-21(19)25-23(18)22(15)20-9-5-6-12-24(20)2/h3-14H,1-2H3/q+1. The number of nitrogens with zero attached hydrogens (tertiary/aromatic N) is 1. The van der Waals surface area contributed by atoms with Gasteiger partial charge in [-0.15, -0.1) is 0 Å². The molecule has 0 fully saturated rings. The Bertz CT molecular complexity index is 1260. The van der Waals surface area contributed by atoms with Crippen LogP contribution in [0.15, 0.2) is 77.3 Å². The van der Waals surface area contributed by atoms with Gasteiger partial charge < -0.3 is 4.42 Å². The highest BCUT2D eigenvalue weighted by Gasteiger charge is 2.20. The van der Waals surface area contributed by atoms with Crippen LogP contribution in [0.25, 0.3) is 44.0 Å². The molecule has 0 atom stereocenters. The first kappa shape index (κ1) is 14.2. The Labute approximate surface area is 145 Å². The summed E-state index contributed by atoms with van der Waals surface area (Å²) in [4.78, 5) is 0. The molecule has 0 spiro atoms. The fourth-order valence-corrected chi connectivity index (χ4v) is 3.72. The molecule has 0 saturated carbocycles. The van der Waals surface area contributed by atoms with Crippen molar-refractivity contribution in [3.05, 3.63) is 78.5 Å². The summed E-state index contributed by atoms with van der Waals surface area (Å²) in [6, 6.07) is 23.4. The van der Waals surface area contributed by atoms with E-state index in [4.69, 9.17) is 4.42 Å². The van der Waals surface area contributed by atoms with E-state index in [1.165, 1.54) is 32.7 Å². The summed E-state index contributed by atoms with van der Waals surface area (Å²) in [5.41, 5.74) is 5.46. The van der Waals surface area contributed by atoms with Gasteiger partial charge in [-0.2, -0.15) is 0 Å². The summed E-state index contributed by atoms with van der Waals surface area (Å²) in [6.45, 7) is 2.14. The predicted molar refractivity (Wildman–Crippen MR) is 103 cm³/mol. The lowest BCUT2D eigenvalue weighted by Gasteiger charge is -2.04. The third-order valence-corrected chi connectivity index (χ3v) is 5.03. The third kappa shape index (κ3) is 2.07. The molecule has 0 saturated heterocycles. The lowest BCUT2D eigenvalue weighted by Crippen LogP contribution is -2.30. The fraction of sp³-hybridized carbons (Fsp3) is 0.0870. The van der Waals surface area contributed by atoms with Gasteiger partial charge in [0.2, 0.25) is 5.69 Å². The highest BCUT2D eigenvalue weighted by molar-refractivity contribution is 6.13. The number of fused-ring (bicyclic) bond motifs is 4. The molecule has 25 heavy (non-hydrogen) atoms. The first-order chi connectivity index (χ1) is 12.2. The zero-order valence-corrected chi connectivity index (χ0v) is 14.3. The summed E-state index contributed by atoms with van der Waals surface area (Å²) in [6.07, 6.45) is 2.07. The van der Waals surface area contributed by atoms with Gasteiger partial charge in [-0.3, -0.25) is 0 Å². The van der Waals surface area contributed by atoms with Gasteiger partial charge in [-0.1, -0.05) is 36.4 Å². The van der Waals surface area contributed by atoms with Crippen molar-refractivity contribution in [3.63, 3.8) is 0 Å². The number of aryl methyl sites for hydroxylation is 2. The van der Waals surface area contributed by atoms with Crippen LogP contribution < -0.4 is 4.57 Å². The van der Waals surface area contributed by atoms with Crippen molar-refractivity contribution in [1.29, 1.82) is 0 Å². The third-order valence-electron chi connectivity index (χ3n) is 5.03. The molecule has 0 unspecified atom stereocenters. The van der Waals surface area contributed by atoms with Crippen LogP contribution in [0.5, 0.6) is 0 Å². The summed E-state index contributed by atoms with van der Waals surface area (Å²) in [7, 11) is 2.07. The summed E-state index contributed by atoms with van der Waals surface area (Å²) in [5, 5.41) is 4.79. The zero-order chi connectivity index (χ0) is 17.0. The topological polar surface area (TPSA) is 17.0 Å². The number of rotatable bonds is 1. The molecule has 5 rings (SSSR count). The van der Waals surface area contributed by atoms with E-state index in [0.717, 1.165) is 16.9 Å². The Kier molecular flexibility index (Phi) is 2.95. The van der Waals surface area contributed by atoms with E-state index in [1.807, 2.05) is 6.07 Å². The van der Waals surface area contributed by atoms with E-state index < -0.39 is 0 Å². The quantitative estimate of drug-likeness (QED) is 0.370. The molecule has 0 aliphatic heterocycles. The first-order valence-electron chi connectivity index (χ1n) is 8.52. The molecule has 0 aliphatic carbocycles. The van der Waals surface area contributed by atoms with Crippen molar-refractivity contribution in [2.75, 3.05) is 0 Å². The van der Waals surface area contributed by atoms with Crippen molar-refractivity contribution >= 4 is 32.7 Å². The number of furan rings is 1. The first-order valence-corrected chi connectivity index (χ1v) is 8.52. The van der Waals surface area contributed by atoms with Gasteiger partial charge in [0.15, 0.2) is 6.20 Å². The average molecular weight is 324 g/mol. The number of hydrogen-bond donors (Lipinski definition) is 0. The smallest absolute Gasteiger partial charge is 0.216 e. The highest BCUT2D eigenvalue weighted by Crippen LogP contribution is 2.38. The average Bonchev–Trinajstić information content (AvgIpc) is 2.98. The van der Waals surface area contributed by atoms with E-state index in [2.05, 4.69) is 85.4 Å². The lowest BCUT2D eigenvalue weighted by molar-refractivity contribution is -0.660. The van der Waals surface area contributed by atoms with E-state index in [-0.39, 0.29) is 0 Å². The second-order valence-electron chi connectivity index (χ2n) is 6.63. The second-order valence-corrected chi connectivity index (χ2v) is 6.63. The van der Waals surface area contributed by atoms with Gasteiger partial charge in [0.1, 0.15) is 18.2 Å². The molecule has 0 radical (unpaired) electrons. The molecular weight excluding hydrogens is 306 g/mol. The van der Waals surface area contributed by atoms with Gasteiger partial charge in [-0.25, -0.2) is 4.57 Å². The fourth-order valence-electron chi connectivity index (χ4n) is 3.72. The molecule has 2 heterocycles. The zero-order valence-electron chi connectivity index (χ0n) is 14.3. The predicted octanol–water partition coefficient (Wildman–Crippen LogP) is 5.54. The number of benzene rings is 3. The minimum Gasteiger partial charge on any atom is -0.455 e. The van der Waals surface area contributed by atoms with Crippen LogP contribution in [0, 0.1) is 6.92 Å². The maximum Gasteiger partial charge on any atom is 0.216 e. The van der Waals surface area contributed by atoms with Gasteiger partial charge >= 0.3 is 0 Å². The van der Waals surface area contributed by atoms with Crippen molar-refractivity contribution in [1.82, 2.24) is 0 Å². The minimum absolute atomic E-state index is 0.944. The molecule has 0 bridgehead atoms. The largest absolute Gasteiger partial charge is 0.455 e. The number of aromatic nitrogens is 1. The maximum absolute atomic E-state index is 6.37. The van der Waals surface area contributed by atoms with Crippen LogP contribution in [0.1, 0.15) is 5.56 Å². The normalized spacial score (nSPS) is 11.6. The van der Waals surface area contributed by atoms with E-state index in [0.29, 0.717) is 0 Å². The van der Waals surface area contributed by atoms with Crippen LogP contribution in [0.4, 0.5) is 0 Å². The molecular formula is C23H18NO+. The monoisotopic (exact) mass is 324 g/mol. The van der Waals surface area contributed by atoms with Gasteiger partial charge in [0.05, 0.1) is 5.56 Å². The van der Waals surface area contributed by atoms with Crippen molar-refractivity contribution in [2.24, 2.45) is 7.05 Å². The minimum atomic E-state index is 0.944. The number of pyridine rings is 1. The van der Waals surface area contributed by atoms with Crippen LogP contribution in [-0.2, 0) is 7.05 Å². The van der Waals surface area contributed by atoms with Crippen molar-refractivity contribution in [2.45, 2.75) is 6.92 Å². The molecule has 2 heteroatoms. The Balaban J connectivity index is 1.94. The molecule has 0 N–H and O–H groups in total. The van der Waals surface area contributed by atoms with Crippen LogP contribution in [-0.4, -0.2) is 0 Å². The Hall–Kier alpha value is -3.13. The van der Waals surface area contributed by atoms with E-state index >= 15 is 0 Å².